The zero-order valence-electron chi connectivity index (χ0n) is 15.5. The lowest BCUT2D eigenvalue weighted by Gasteiger charge is -2.13. The lowest BCUT2D eigenvalue weighted by atomic mass is 10.1. The summed E-state index contributed by atoms with van der Waals surface area (Å²) in [5.74, 6) is -1.02. The van der Waals surface area contributed by atoms with Crippen LogP contribution in [0.25, 0.3) is 0 Å². The van der Waals surface area contributed by atoms with Crippen molar-refractivity contribution in [2.24, 2.45) is 0 Å². The van der Waals surface area contributed by atoms with E-state index in [4.69, 9.17) is 9.15 Å². The number of aryl methyl sites for hydroxylation is 1. The van der Waals surface area contributed by atoms with Gasteiger partial charge >= 0.3 is 11.9 Å². The largest absolute Gasteiger partial charge is 0.465 e. The molecule has 3 rings (SSSR count). The molecule has 28 heavy (non-hydrogen) atoms. The molecule has 1 aromatic heterocycles. The molecule has 2 amide bonds. The van der Waals surface area contributed by atoms with Crippen LogP contribution >= 0.6 is 0 Å². The molecule has 0 saturated heterocycles. The Kier molecular flexibility index (Phi) is 5.58. The van der Waals surface area contributed by atoms with Gasteiger partial charge in [-0.2, -0.15) is 0 Å². The average molecular weight is 385 g/mol. The third-order valence-corrected chi connectivity index (χ3v) is 4.39. The molecule has 8 nitrogen and oxygen atoms in total. The summed E-state index contributed by atoms with van der Waals surface area (Å²) in [6.07, 6.45) is 0.325. The summed E-state index contributed by atoms with van der Waals surface area (Å²) in [6, 6.07) is 8.09. The van der Waals surface area contributed by atoms with Crippen molar-refractivity contribution in [2.45, 2.75) is 26.4 Å². The summed E-state index contributed by atoms with van der Waals surface area (Å²) in [4.78, 5) is 49.1. The topological polar surface area (TPSA) is 103 Å². The minimum atomic E-state index is -0.528. The summed E-state index contributed by atoms with van der Waals surface area (Å²) < 4.78 is 15.1. The van der Waals surface area contributed by atoms with E-state index in [0.717, 1.165) is 4.90 Å². The van der Waals surface area contributed by atoms with Gasteiger partial charge in [0.25, 0.3) is 11.8 Å². The number of methoxy groups -OCH3 is 1. The molecule has 0 atom stereocenters. The quantitative estimate of drug-likeness (QED) is 0.533. The van der Waals surface area contributed by atoms with E-state index in [1.807, 2.05) is 0 Å². The summed E-state index contributed by atoms with van der Waals surface area (Å²) in [6.45, 7) is 1.62. The Morgan fingerprint density at radius 2 is 1.75 bits per heavy atom. The van der Waals surface area contributed by atoms with E-state index < -0.39 is 11.9 Å². The van der Waals surface area contributed by atoms with Gasteiger partial charge in [-0.15, -0.1) is 0 Å². The highest BCUT2D eigenvalue weighted by Crippen LogP contribution is 2.22. The number of hydrogen-bond acceptors (Lipinski definition) is 7. The van der Waals surface area contributed by atoms with Crippen LogP contribution < -0.4 is 0 Å². The van der Waals surface area contributed by atoms with E-state index in [1.54, 1.807) is 31.2 Å². The van der Waals surface area contributed by atoms with Crippen LogP contribution in [0.3, 0.4) is 0 Å². The molecule has 1 aliphatic rings. The molecule has 0 bridgehead atoms. The smallest absolute Gasteiger partial charge is 0.341 e. The third-order valence-electron chi connectivity index (χ3n) is 4.39. The summed E-state index contributed by atoms with van der Waals surface area (Å²) in [5.41, 5.74) is 1.04. The van der Waals surface area contributed by atoms with Crippen molar-refractivity contribution < 1.29 is 33.1 Å². The zero-order chi connectivity index (χ0) is 20.3. The van der Waals surface area contributed by atoms with Gasteiger partial charge in [0.05, 0.1) is 18.2 Å². The maximum atomic E-state index is 12.2. The molecule has 0 N–H and O–H groups in total. The van der Waals surface area contributed by atoms with E-state index in [9.17, 15) is 19.2 Å². The first kappa shape index (κ1) is 19.3. The van der Waals surface area contributed by atoms with Gasteiger partial charge in [0, 0.05) is 13.0 Å². The first-order valence-corrected chi connectivity index (χ1v) is 8.71. The predicted octanol–water partition coefficient (Wildman–Crippen LogP) is 2.49. The normalized spacial score (nSPS) is 12.9. The number of furan rings is 1. The average Bonchev–Trinajstić information content (AvgIpc) is 3.19. The molecule has 0 radical (unpaired) electrons. The molecule has 8 heteroatoms. The third kappa shape index (κ3) is 3.80. The van der Waals surface area contributed by atoms with Crippen LogP contribution in [0.15, 0.2) is 34.7 Å². The van der Waals surface area contributed by atoms with Crippen molar-refractivity contribution in [3.05, 3.63) is 58.5 Å². The van der Waals surface area contributed by atoms with Crippen LogP contribution in [0.2, 0.25) is 0 Å². The number of hydrogen-bond donors (Lipinski definition) is 0. The van der Waals surface area contributed by atoms with Crippen molar-refractivity contribution in [1.82, 2.24) is 4.90 Å². The van der Waals surface area contributed by atoms with Crippen molar-refractivity contribution in [3.8, 4) is 0 Å². The number of esters is 2. The fourth-order valence-corrected chi connectivity index (χ4v) is 2.97. The number of carbonyl (C=O) groups is 4. The van der Waals surface area contributed by atoms with E-state index >= 15 is 0 Å². The van der Waals surface area contributed by atoms with Crippen LogP contribution in [0.1, 0.15) is 55.4 Å². The number of benzene rings is 1. The molecule has 1 aromatic carbocycles. The van der Waals surface area contributed by atoms with E-state index in [0.29, 0.717) is 22.6 Å². The Morgan fingerprint density at radius 3 is 2.36 bits per heavy atom. The summed E-state index contributed by atoms with van der Waals surface area (Å²) >= 11 is 0. The molecule has 2 aromatic rings. The minimum absolute atomic E-state index is 0.0386. The van der Waals surface area contributed by atoms with E-state index in [-0.39, 0.29) is 43.4 Å². The van der Waals surface area contributed by atoms with Crippen LogP contribution in [-0.4, -0.2) is 42.3 Å². The summed E-state index contributed by atoms with van der Waals surface area (Å²) in [5, 5.41) is 0. The van der Waals surface area contributed by atoms with Crippen LogP contribution in [-0.2, 0) is 20.9 Å². The standard InChI is InChI=1S/C20H19NO7/c1-12-16(20(25)26-2)10-13(28-12)11-27-17(22)8-5-9-21-18(23)14-6-3-4-7-15(14)19(21)24/h3-4,6-7,10H,5,8-9,11H2,1-2H3. The van der Waals surface area contributed by atoms with Gasteiger partial charge in [-0.3, -0.25) is 19.3 Å². The molecule has 146 valence electrons. The number of imide groups is 1. The second-order valence-electron chi connectivity index (χ2n) is 6.25. The first-order chi connectivity index (χ1) is 13.4. The Hall–Kier alpha value is -3.42. The van der Waals surface area contributed by atoms with Crippen LogP contribution in [0.4, 0.5) is 0 Å². The zero-order valence-corrected chi connectivity index (χ0v) is 15.5. The Labute approximate surface area is 161 Å². The SMILES string of the molecule is COC(=O)c1cc(COC(=O)CCCN2C(=O)c3ccccc3C2=O)oc1C. The van der Waals surface area contributed by atoms with Gasteiger partial charge in [-0.05, 0) is 31.5 Å². The van der Waals surface area contributed by atoms with Gasteiger partial charge < -0.3 is 13.9 Å². The van der Waals surface area contributed by atoms with E-state index in [2.05, 4.69) is 4.74 Å². The fraction of sp³-hybridized carbons (Fsp3) is 0.300. The van der Waals surface area contributed by atoms with Gasteiger partial charge in [0.2, 0.25) is 0 Å². The number of nitrogens with zero attached hydrogens (tertiary/aromatic N) is 1. The maximum Gasteiger partial charge on any atom is 0.341 e. The van der Waals surface area contributed by atoms with Crippen molar-refractivity contribution in [2.75, 3.05) is 13.7 Å². The Bertz CT molecular complexity index is 909. The maximum absolute atomic E-state index is 12.2. The number of ether oxygens (including phenoxy) is 2. The van der Waals surface area contributed by atoms with Gasteiger partial charge in [-0.1, -0.05) is 12.1 Å². The van der Waals surface area contributed by atoms with Gasteiger partial charge in [0.1, 0.15) is 23.7 Å². The highest BCUT2D eigenvalue weighted by atomic mass is 16.5. The van der Waals surface area contributed by atoms with Crippen LogP contribution in [0, 0.1) is 6.92 Å². The predicted molar refractivity (Wildman–Crippen MR) is 95.6 cm³/mol. The van der Waals surface area contributed by atoms with E-state index in [1.165, 1.54) is 13.2 Å². The molecule has 0 saturated carbocycles. The monoisotopic (exact) mass is 385 g/mol. The number of rotatable bonds is 7. The number of amides is 2. The second-order valence-corrected chi connectivity index (χ2v) is 6.25. The molecule has 0 aliphatic carbocycles. The van der Waals surface area contributed by atoms with Crippen molar-refractivity contribution >= 4 is 23.8 Å². The lowest BCUT2D eigenvalue weighted by molar-refractivity contribution is -0.145. The Balaban J connectivity index is 1.46. The van der Waals surface area contributed by atoms with Gasteiger partial charge in [0.15, 0.2) is 0 Å². The van der Waals surface area contributed by atoms with Crippen molar-refractivity contribution in [3.63, 3.8) is 0 Å². The molecule has 2 heterocycles. The van der Waals surface area contributed by atoms with Crippen LogP contribution in [0.5, 0.6) is 0 Å². The summed E-state index contributed by atoms with van der Waals surface area (Å²) in [7, 11) is 1.27. The van der Waals surface area contributed by atoms with Gasteiger partial charge in [-0.25, -0.2) is 4.79 Å². The fourth-order valence-electron chi connectivity index (χ4n) is 2.97. The lowest BCUT2D eigenvalue weighted by Crippen LogP contribution is -2.31. The molecular weight excluding hydrogens is 366 g/mol. The highest BCUT2D eigenvalue weighted by Gasteiger charge is 2.34. The molecular formula is C20H19NO7. The first-order valence-electron chi connectivity index (χ1n) is 8.71. The Morgan fingerprint density at radius 1 is 1.11 bits per heavy atom. The minimum Gasteiger partial charge on any atom is -0.465 e. The van der Waals surface area contributed by atoms with Crippen molar-refractivity contribution in [1.29, 1.82) is 0 Å². The molecule has 0 spiro atoms. The molecule has 0 fully saturated rings. The molecule has 0 unspecified atom stereocenters. The number of carbonyl (C=O) groups excluding carboxylic acids is 4. The number of fused-ring (bicyclic) bond motifs is 1. The second kappa shape index (κ2) is 8.08. The highest BCUT2D eigenvalue weighted by molar-refractivity contribution is 6.21. The molecule has 1 aliphatic heterocycles.